The van der Waals surface area contributed by atoms with Crippen molar-refractivity contribution in [1.29, 1.82) is 0 Å². The van der Waals surface area contributed by atoms with E-state index in [9.17, 15) is 9.90 Å². The third kappa shape index (κ3) is 1.88. The summed E-state index contributed by atoms with van der Waals surface area (Å²) >= 11 is 0. The lowest BCUT2D eigenvalue weighted by atomic mass is 9.89. The molecule has 0 bridgehead atoms. The van der Waals surface area contributed by atoms with Crippen molar-refractivity contribution in [2.24, 2.45) is 17.8 Å². The van der Waals surface area contributed by atoms with Crippen LogP contribution in [0.4, 0.5) is 0 Å². The number of hydrogen-bond donors (Lipinski definition) is 1. The second-order valence-electron chi connectivity index (χ2n) is 6.31. The van der Waals surface area contributed by atoms with Gasteiger partial charge in [0.1, 0.15) is 0 Å². The van der Waals surface area contributed by atoms with Gasteiger partial charge < -0.3 is 10.0 Å². The van der Waals surface area contributed by atoms with Crippen molar-refractivity contribution in [3.63, 3.8) is 0 Å². The van der Waals surface area contributed by atoms with Crippen molar-refractivity contribution in [3.05, 3.63) is 0 Å². The Morgan fingerprint density at radius 3 is 2.41 bits per heavy atom. The second-order valence-corrected chi connectivity index (χ2v) is 6.31. The number of aliphatic hydroxyl groups is 1. The zero-order chi connectivity index (χ0) is 12.0. The van der Waals surface area contributed by atoms with Crippen molar-refractivity contribution >= 4 is 5.91 Å². The number of rotatable bonds is 3. The molecular formula is C14H23NO2. The Kier molecular flexibility index (Phi) is 2.69. The topological polar surface area (TPSA) is 40.5 Å². The lowest BCUT2D eigenvalue weighted by molar-refractivity contribution is -0.158. The molecule has 0 aromatic heterocycles. The van der Waals surface area contributed by atoms with Crippen LogP contribution in [-0.2, 0) is 4.79 Å². The van der Waals surface area contributed by atoms with Gasteiger partial charge in [-0.2, -0.15) is 0 Å². The average molecular weight is 237 g/mol. The molecule has 1 amide bonds. The van der Waals surface area contributed by atoms with Crippen LogP contribution >= 0.6 is 0 Å². The standard InChI is InChI=1S/C14H23NO2/c1-2-7-14(17)8-15(9-14)13(16)12-10-5-3-4-6-11(10)12/h10-12,17H,2-9H2,1H3. The molecule has 3 aliphatic rings. The Bertz CT molecular complexity index is 310. The van der Waals surface area contributed by atoms with Gasteiger partial charge in [0.2, 0.25) is 5.91 Å². The third-order valence-electron chi connectivity index (χ3n) is 4.94. The van der Waals surface area contributed by atoms with Crippen molar-refractivity contribution in [1.82, 2.24) is 4.90 Å². The first-order valence-corrected chi connectivity index (χ1v) is 7.16. The number of likely N-dealkylation sites (tertiary alicyclic amines) is 1. The molecule has 1 saturated heterocycles. The molecule has 96 valence electrons. The number of β-amino-alcohol motifs (C(OH)–C–C–N with tert-alkyl or cyclic N) is 1. The number of amides is 1. The van der Waals surface area contributed by atoms with Crippen LogP contribution in [0.2, 0.25) is 0 Å². The van der Waals surface area contributed by atoms with E-state index in [4.69, 9.17) is 0 Å². The summed E-state index contributed by atoms with van der Waals surface area (Å²) in [6.45, 7) is 3.24. The fourth-order valence-electron chi connectivity index (χ4n) is 4.01. The van der Waals surface area contributed by atoms with Gasteiger partial charge in [0.15, 0.2) is 0 Å². The van der Waals surface area contributed by atoms with E-state index >= 15 is 0 Å². The van der Waals surface area contributed by atoms with Gasteiger partial charge in [-0.3, -0.25) is 4.79 Å². The minimum Gasteiger partial charge on any atom is -0.386 e. The molecule has 2 saturated carbocycles. The summed E-state index contributed by atoms with van der Waals surface area (Å²) < 4.78 is 0. The smallest absolute Gasteiger partial charge is 0.226 e. The van der Waals surface area contributed by atoms with E-state index < -0.39 is 5.60 Å². The Morgan fingerprint density at radius 2 is 1.88 bits per heavy atom. The summed E-state index contributed by atoms with van der Waals surface area (Å²) in [6, 6.07) is 0. The summed E-state index contributed by atoms with van der Waals surface area (Å²) in [4.78, 5) is 14.1. The van der Waals surface area contributed by atoms with Crippen LogP contribution in [0.1, 0.15) is 45.4 Å². The van der Waals surface area contributed by atoms with Gasteiger partial charge in [0.25, 0.3) is 0 Å². The molecule has 0 aromatic carbocycles. The number of hydrogen-bond acceptors (Lipinski definition) is 2. The fraction of sp³-hybridized carbons (Fsp3) is 0.929. The molecular weight excluding hydrogens is 214 g/mol. The molecule has 3 rings (SSSR count). The Hall–Kier alpha value is -0.570. The molecule has 1 N–H and O–H groups in total. The highest BCUT2D eigenvalue weighted by atomic mass is 16.3. The van der Waals surface area contributed by atoms with Crippen LogP contribution in [0.3, 0.4) is 0 Å². The van der Waals surface area contributed by atoms with E-state index in [0.717, 1.165) is 12.8 Å². The molecule has 1 aliphatic heterocycles. The summed E-state index contributed by atoms with van der Waals surface area (Å²) in [5, 5.41) is 10.1. The monoisotopic (exact) mass is 237 g/mol. The van der Waals surface area contributed by atoms with Crippen molar-refractivity contribution in [2.45, 2.75) is 51.0 Å². The van der Waals surface area contributed by atoms with Gasteiger partial charge in [-0.05, 0) is 31.1 Å². The summed E-state index contributed by atoms with van der Waals surface area (Å²) in [5.74, 6) is 2.04. The highest BCUT2D eigenvalue weighted by Gasteiger charge is 2.58. The largest absolute Gasteiger partial charge is 0.386 e. The lowest BCUT2D eigenvalue weighted by Gasteiger charge is -2.46. The number of carbonyl (C=O) groups is 1. The molecule has 0 radical (unpaired) electrons. The van der Waals surface area contributed by atoms with E-state index in [2.05, 4.69) is 6.92 Å². The van der Waals surface area contributed by atoms with Gasteiger partial charge in [-0.25, -0.2) is 0 Å². The Labute approximate surface area is 103 Å². The van der Waals surface area contributed by atoms with E-state index in [1.807, 2.05) is 4.90 Å². The van der Waals surface area contributed by atoms with Gasteiger partial charge in [0, 0.05) is 5.92 Å². The predicted octanol–water partition coefficient (Wildman–Crippen LogP) is 1.80. The van der Waals surface area contributed by atoms with E-state index in [-0.39, 0.29) is 0 Å². The van der Waals surface area contributed by atoms with Gasteiger partial charge in [0.05, 0.1) is 18.7 Å². The Morgan fingerprint density at radius 1 is 1.29 bits per heavy atom. The van der Waals surface area contributed by atoms with Crippen LogP contribution < -0.4 is 0 Å². The number of nitrogens with zero attached hydrogens (tertiary/aromatic N) is 1. The van der Waals surface area contributed by atoms with Crippen molar-refractivity contribution < 1.29 is 9.90 Å². The maximum atomic E-state index is 12.3. The molecule has 3 heteroatoms. The minimum atomic E-state index is -0.565. The summed E-state index contributed by atoms with van der Waals surface area (Å²) in [7, 11) is 0. The zero-order valence-electron chi connectivity index (χ0n) is 10.7. The number of fused-ring (bicyclic) bond motifs is 1. The predicted molar refractivity (Wildman–Crippen MR) is 65.4 cm³/mol. The molecule has 2 atom stereocenters. The van der Waals surface area contributed by atoms with Gasteiger partial charge in [-0.1, -0.05) is 26.2 Å². The van der Waals surface area contributed by atoms with Crippen molar-refractivity contribution in [3.8, 4) is 0 Å². The molecule has 2 aliphatic carbocycles. The SMILES string of the molecule is CCCC1(O)CN(C(=O)C2C3CCCCC32)C1. The molecule has 1 heterocycles. The molecule has 3 fully saturated rings. The molecule has 3 nitrogen and oxygen atoms in total. The molecule has 17 heavy (non-hydrogen) atoms. The molecule has 2 unspecified atom stereocenters. The van der Waals surface area contributed by atoms with Crippen LogP contribution in [-0.4, -0.2) is 34.6 Å². The maximum absolute atomic E-state index is 12.3. The summed E-state index contributed by atoms with van der Waals surface area (Å²) in [5.41, 5.74) is -0.565. The first-order valence-electron chi connectivity index (χ1n) is 7.16. The van der Waals surface area contributed by atoms with Gasteiger partial charge >= 0.3 is 0 Å². The molecule has 0 spiro atoms. The van der Waals surface area contributed by atoms with Crippen molar-refractivity contribution in [2.75, 3.05) is 13.1 Å². The van der Waals surface area contributed by atoms with E-state index in [1.165, 1.54) is 25.7 Å². The summed E-state index contributed by atoms with van der Waals surface area (Å²) in [6.07, 6.45) is 6.96. The van der Waals surface area contributed by atoms with Crippen LogP contribution in [0, 0.1) is 17.8 Å². The quantitative estimate of drug-likeness (QED) is 0.813. The highest BCUT2D eigenvalue weighted by Crippen LogP contribution is 2.56. The normalized spacial score (nSPS) is 38.2. The van der Waals surface area contributed by atoms with E-state index in [1.54, 1.807) is 0 Å². The van der Waals surface area contributed by atoms with Crippen LogP contribution in [0.15, 0.2) is 0 Å². The van der Waals surface area contributed by atoms with Crippen LogP contribution in [0.25, 0.3) is 0 Å². The maximum Gasteiger partial charge on any atom is 0.226 e. The van der Waals surface area contributed by atoms with Gasteiger partial charge in [-0.15, -0.1) is 0 Å². The highest BCUT2D eigenvalue weighted by molar-refractivity contribution is 5.83. The Balaban J connectivity index is 1.52. The first-order chi connectivity index (χ1) is 8.14. The number of carbonyl (C=O) groups excluding carboxylic acids is 1. The molecule has 0 aromatic rings. The van der Waals surface area contributed by atoms with Crippen LogP contribution in [0.5, 0.6) is 0 Å². The van der Waals surface area contributed by atoms with E-state index in [0.29, 0.717) is 36.8 Å². The lowest BCUT2D eigenvalue weighted by Crippen LogP contribution is -2.63. The first kappa shape index (κ1) is 11.5. The minimum absolute atomic E-state index is 0.323. The fourth-order valence-corrected chi connectivity index (χ4v) is 4.01. The average Bonchev–Trinajstić information content (AvgIpc) is 2.99. The second kappa shape index (κ2) is 3.98. The zero-order valence-corrected chi connectivity index (χ0v) is 10.7. The third-order valence-corrected chi connectivity index (χ3v) is 4.94.